The molecule has 0 aliphatic heterocycles. The summed E-state index contributed by atoms with van der Waals surface area (Å²) >= 11 is 3.05. The molecule has 2 aromatic rings. The molecular weight excluding hydrogens is 190 g/mol. The van der Waals surface area contributed by atoms with Crippen LogP contribution in [0.5, 0.6) is 5.06 Å². The third-order valence-corrected chi connectivity index (χ3v) is 3.96. The predicted octanol–water partition coefficient (Wildman–Crippen LogP) is 2.69. The Labute approximate surface area is 78.3 Å². The molecule has 0 spiro atoms. The molecule has 0 saturated heterocycles. The molecule has 4 heteroatoms. The first-order valence-corrected chi connectivity index (χ1v) is 5.28. The van der Waals surface area contributed by atoms with Crippen LogP contribution >= 0.6 is 22.7 Å². The predicted molar refractivity (Wildman–Crippen MR) is 54.0 cm³/mol. The van der Waals surface area contributed by atoms with Crippen molar-refractivity contribution in [3.63, 3.8) is 0 Å². The molecule has 2 rings (SSSR count). The van der Waals surface area contributed by atoms with E-state index in [1.165, 1.54) is 16.2 Å². The average Bonchev–Trinajstić information content (AvgIpc) is 2.42. The van der Waals surface area contributed by atoms with Gasteiger partial charge < -0.3 is 10.8 Å². The smallest absolute Gasteiger partial charge is 0.173 e. The van der Waals surface area contributed by atoms with E-state index in [4.69, 9.17) is 10.8 Å². The molecule has 0 aromatic carbocycles. The van der Waals surface area contributed by atoms with E-state index in [2.05, 4.69) is 6.07 Å². The lowest BCUT2D eigenvalue weighted by molar-refractivity contribution is 0.491. The molecule has 1 atom stereocenters. The fourth-order valence-corrected chi connectivity index (χ4v) is 3.16. The Morgan fingerprint density at radius 1 is 1.33 bits per heavy atom. The number of hydrogen-bond acceptors (Lipinski definition) is 4. The fraction of sp³-hybridized carbons (Fsp3) is 0.250. The first-order chi connectivity index (χ1) is 5.66. The Bertz CT molecular complexity index is 371. The van der Waals surface area contributed by atoms with E-state index in [0.717, 1.165) is 9.40 Å². The van der Waals surface area contributed by atoms with Crippen molar-refractivity contribution in [1.82, 2.24) is 0 Å². The quantitative estimate of drug-likeness (QED) is 0.741. The van der Waals surface area contributed by atoms with Gasteiger partial charge in [0.05, 0.1) is 0 Å². The van der Waals surface area contributed by atoms with Gasteiger partial charge in [0.25, 0.3) is 0 Å². The van der Waals surface area contributed by atoms with E-state index in [0.29, 0.717) is 5.06 Å². The second-order valence-electron chi connectivity index (χ2n) is 2.75. The summed E-state index contributed by atoms with van der Waals surface area (Å²) in [6, 6.07) is 3.93. The van der Waals surface area contributed by atoms with Gasteiger partial charge in [-0.2, -0.15) is 0 Å². The van der Waals surface area contributed by atoms with Crippen molar-refractivity contribution in [2.24, 2.45) is 5.73 Å². The van der Waals surface area contributed by atoms with Gasteiger partial charge in [-0.25, -0.2) is 0 Å². The van der Waals surface area contributed by atoms with Crippen molar-refractivity contribution < 1.29 is 5.11 Å². The number of thiophene rings is 2. The molecule has 12 heavy (non-hydrogen) atoms. The van der Waals surface area contributed by atoms with E-state index in [-0.39, 0.29) is 6.04 Å². The minimum Gasteiger partial charge on any atom is -0.499 e. The molecule has 0 bridgehead atoms. The summed E-state index contributed by atoms with van der Waals surface area (Å²) in [6.07, 6.45) is 0. The van der Waals surface area contributed by atoms with Crippen LogP contribution in [0.25, 0.3) is 9.40 Å². The van der Waals surface area contributed by atoms with Crippen molar-refractivity contribution in [2.45, 2.75) is 13.0 Å². The van der Waals surface area contributed by atoms with E-state index >= 15 is 0 Å². The zero-order valence-corrected chi connectivity index (χ0v) is 8.21. The van der Waals surface area contributed by atoms with Gasteiger partial charge in [0.15, 0.2) is 5.06 Å². The van der Waals surface area contributed by atoms with Gasteiger partial charge in [-0.1, -0.05) is 11.3 Å². The average molecular weight is 199 g/mol. The van der Waals surface area contributed by atoms with Gasteiger partial charge in [-0.15, -0.1) is 11.3 Å². The first-order valence-electron chi connectivity index (χ1n) is 3.64. The maximum absolute atomic E-state index is 9.17. The van der Waals surface area contributed by atoms with E-state index in [1.807, 2.05) is 6.92 Å². The minimum atomic E-state index is 0.0942. The molecule has 0 fully saturated rings. The standard InChI is InChI=1S/C8H9NOS2/c1-4(9)5-2-6-7(11-5)3-8(10)12-6/h2-4,10H,9H2,1H3. The van der Waals surface area contributed by atoms with Gasteiger partial charge in [0.2, 0.25) is 0 Å². The maximum atomic E-state index is 9.17. The van der Waals surface area contributed by atoms with E-state index in [9.17, 15) is 0 Å². The molecule has 0 saturated carbocycles. The third-order valence-electron chi connectivity index (χ3n) is 1.66. The van der Waals surface area contributed by atoms with Crippen LogP contribution in [0.2, 0.25) is 0 Å². The highest BCUT2D eigenvalue weighted by molar-refractivity contribution is 7.28. The second-order valence-corrected chi connectivity index (χ2v) is 4.93. The normalized spacial score (nSPS) is 13.8. The van der Waals surface area contributed by atoms with Crippen LogP contribution in [0.3, 0.4) is 0 Å². The van der Waals surface area contributed by atoms with Crippen LogP contribution in [-0.4, -0.2) is 5.11 Å². The van der Waals surface area contributed by atoms with Gasteiger partial charge in [0.1, 0.15) is 0 Å². The van der Waals surface area contributed by atoms with Crippen LogP contribution in [0.1, 0.15) is 17.8 Å². The summed E-state index contributed by atoms with van der Waals surface area (Å²) in [5, 5.41) is 9.55. The first kappa shape index (κ1) is 8.04. The zero-order chi connectivity index (χ0) is 8.72. The Morgan fingerprint density at radius 2 is 2.00 bits per heavy atom. The summed E-state index contributed by atoms with van der Waals surface area (Å²) < 4.78 is 2.26. The van der Waals surface area contributed by atoms with Crippen LogP contribution in [-0.2, 0) is 0 Å². The van der Waals surface area contributed by atoms with Gasteiger partial charge >= 0.3 is 0 Å². The zero-order valence-electron chi connectivity index (χ0n) is 6.57. The molecular formula is C8H9NOS2. The summed E-state index contributed by atoms with van der Waals surface area (Å²) in [6.45, 7) is 1.97. The molecule has 1 unspecified atom stereocenters. The monoisotopic (exact) mass is 199 g/mol. The van der Waals surface area contributed by atoms with Crippen LogP contribution in [0.15, 0.2) is 12.1 Å². The van der Waals surface area contributed by atoms with Crippen molar-refractivity contribution in [3.8, 4) is 5.06 Å². The Hall–Kier alpha value is -0.580. The highest BCUT2D eigenvalue weighted by atomic mass is 32.1. The van der Waals surface area contributed by atoms with Gasteiger partial charge in [0, 0.05) is 26.4 Å². The lowest BCUT2D eigenvalue weighted by atomic mass is 10.3. The molecule has 0 aliphatic rings. The van der Waals surface area contributed by atoms with Crippen molar-refractivity contribution in [3.05, 3.63) is 17.0 Å². The van der Waals surface area contributed by atoms with E-state index in [1.54, 1.807) is 17.4 Å². The summed E-state index contributed by atoms with van der Waals surface area (Å²) in [4.78, 5) is 1.18. The Balaban J connectivity index is 2.57. The lowest BCUT2D eigenvalue weighted by Gasteiger charge is -1.97. The molecule has 0 amide bonds. The number of fused-ring (bicyclic) bond motifs is 1. The maximum Gasteiger partial charge on any atom is 0.173 e. The fourth-order valence-electron chi connectivity index (χ4n) is 1.07. The van der Waals surface area contributed by atoms with Gasteiger partial charge in [-0.3, -0.25) is 0 Å². The molecule has 2 nitrogen and oxygen atoms in total. The summed E-state index contributed by atoms with van der Waals surface area (Å²) in [7, 11) is 0. The minimum absolute atomic E-state index is 0.0942. The van der Waals surface area contributed by atoms with Gasteiger partial charge in [-0.05, 0) is 13.0 Å². The van der Waals surface area contributed by atoms with Crippen molar-refractivity contribution in [2.75, 3.05) is 0 Å². The summed E-state index contributed by atoms with van der Waals surface area (Å²) in [5.74, 6) is 0. The number of aromatic hydroxyl groups is 1. The van der Waals surface area contributed by atoms with Crippen molar-refractivity contribution in [1.29, 1.82) is 0 Å². The second kappa shape index (κ2) is 2.73. The topological polar surface area (TPSA) is 46.2 Å². The molecule has 2 heterocycles. The number of nitrogens with two attached hydrogens (primary N) is 1. The van der Waals surface area contributed by atoms with Crippen molar-refractivity contribution >= 4 is 32.1 Å². The molecule has 64 valence electrons. The Morgan fingerprint density at radius 3 is 2.58 bits per heavy atom. The number of hydrogen-bond donors (Lipinski definition) is 2. The molecule has 3 N–H and O–H groups in total. The number of rotatable bonds is 1. The molecule has 0 radical (unpaired) electrons. The summed E-state index contributed by atoms with van der Waals surface area (Å²) in [5.41, 5.74) is 5.73. The SMILES string of the molecule is CC(N)c1cc2sc(O)cc2s1. The third kappa shape index (κ3) is 1.22. The highest BCUT2D eigenvalue weighted by Crippen LogP contribution is 2.37. The van der Waals surface area contributed by atoms with Crippen LogP contribution in [0.4, 0.5) is 0 Å². The van der Waals surface area contributed by atoms with Crippen LogP contribution < -0.4 is 5.73 Å². The largest absolute Gasteiger partial charge is 0.499 e. The van der Waals surface area contributed by atoms with Crippen LogP contribution in [0, 0.1) is 0 Å². The molecule has 2 aromatic heterocycles. The molecule has 0 aliphatic carbocycles. The Kier molecular flexibility index (Phi) is 1.83. The van der Waals surface area contributed by atoms with E-state index < -0.39 is 0 Å². The lowest BCUT2D eigenvalue weighted by Crippen LogP contribution is -2.01. The highest BCUT2D eigenvalue weighted by Gasteiger charge is 2.08.